The minimum absolute atomic E-state index is 0.399. The number of H-pyrrole nitrogens is 1. The fourth-order valence-corrected chi connectivity index (χ4v) is 1.48. The highest BCUT2D eigenvalue weighted by molar-refractivity contribution is 9.09. The van der Waals surface area contributed by atoms with Crippen LogP contribution in [-0.2, 0) is 4.74 Å². The van der Waals surface area contributed by atoms with Crippen molar-refractivity contribution in [1.82, 2.24) is 9.55 Å². The zero-order chi connectivity index (χ0) is 9.84. The highest BCUT2D eigenvalue weighted by atomic mass is 79.9. The molecule has 0 bridgehead atoms. The van der Waals surface area contributed by atoms with Crippen molar-refractivity contribution in [3.8, 4) is 0 Å². The molecule has 6 heteroatoms. The van der Waals surface area contributed by atoms with Crippen molar-refractivity contribution in [1.29, 1.82) is 0 Å². The zero-order valence-corrected chi connectivity index (χ0v) is 8.58. The van der Waals surface area contributed by atoms with Crippen LogP contribution in [0.4, 0.5) is 0 Å². The van der Waals surface area contributed by atoms with E-state index in [1.54, 1.807) is 0 Å². The summed E-state index contributed by atoms with van der Waals surface area (Å²) in [5.74, 6) is 0. The van der Waals surface area contributed by atoms with Crippen molar-refractivity contribution in [3.63, 3.8) is 0 Å². The lowest BCUT2D eigenvalue weighted by Crippen LogP contribution is -2.32. The van der Waals surface area contributed by atoms with E-state index >= 15 is 0 Å². The van der Waals surface area contributed by atoms with Gasteiger partial charge in [-0.1, -0.05) is 15.9 Å². The SMILES string of the molecule is COC(CBr)n1ccc(=O)[nH]c1=O. The van der Waals surface area contributed by atoms with E-state index < -0.39 is 17.5 Å². The molecule has 1 atom stereocenters. The lowest BCUT2D eigenvalue weighted by molar-refractivity contribution is 0.0614. The molecule has 0 radical (unpaired) electrons. The van der Waals surface area contributed by atoms with Gasteiger partial charge in [-0.25, -0.2) is 4.79 Å². The molecule has 1 N–H and O–H groups in total. The highest BCUT2D eigenvalue weighted by Gasteiger charge is 2.08. The maximum atomic E-state index is 11.2. The second-order valence-electron chi connectivity index (χ2n) is 2.36. The molecule has 1 aromatic rings. The Morgan fingerprint density at radius 1 is 1.69 bits per heavy atom. The average Bonchev–Trinajstić information content (AvgIpc) is 2.10. The van der Waals surface area contributed by atoms with Crippen molar-refractivity contribution >= 4 is 15.9 Å². The molecule has 0 aliphatic carbocycles. The Morgan fingerprint density at radius 3 is 2.85 bits per heavy atom. The van der Waals surface area contributed by atoms with Gasteiger partial charge in [0.25, 0.3) is 5.56 Å². The zero-order valence-electron chi connectivity index (χ0n) is 6.99. The van der Waals surface area contributed by atoms with Crippen molar-refractivity contribution < 1.29 is 4.74 Å². The van der Waals surface area contributed by atoms with Gasteiger partial charge >= 0.3 is 5.69 Å². The predicted octanol–water partition coefficient (Wildman–Crippen LogP) is 0.0765. The number of aromatic amines is 1. The number of methoxy groups -OCH3 is 1. The smallest absolute Gasteiger partial charge is 0.330 e. The molecular weight excluding hydrogens is 240 g/mol. The summed E-state index contributed by atoms with van der Waals surface area (Å²) in [6.07, 6.45) is 1.00. The number of ether oxygens (including phenoxy) is 1. The maximum Gasteiger partial charge on any atom is 0.330 e. The Morgan fingerprint density at radius 2 is 2.38 bits per heavy atom. The number of rotatable bonds is 3. The van der Waals surface area contributed by atoms with Crippen LogP contribution >= 0.6 is 15.9 Å². The number of nitrogens with zero attached hydrogens (tertiary/aromatic N) is 1. The third-order valence-corrected chi connectivity index (χ3v) is 2.12. The lowest BCUT2D eigenvalue weighted by atomic mass is 10.5. The van der Waals surface area contributed by atoms with E-state index in [1.807, 2.05) is 0 Å². The summed E-state index contributed by atoms with van der Waals surface area (Å²) in [5, 5.41) is 0.482. The molecule has 0 amide bonds. The van der Waals surface area contributed by atoms with E-state index in [9.17, 15) is 9.59 Å². The Balaban J connectivity index is 3.14. The van der Waals surface area contributed by atoms with Crippen molar-refractivity contribution in [2.24, 2.45) is 0 Å². The van der Waals surface area contributed by atoms with E-state index in [0.717, 1.165) is 0 Å². The fourth-order valence-electron chi connectivity index (χ4n) is 0.905. The summed E-state index contributed by atoms with van der Waals surface area (Å²) in [6.45, 7) is 0. The molecule has 0 aliphatic heterocycles. The van der Waals surface area contributed by atoms with Gasteiger partial charge in [0.1, 0.15) is 6.23 Å². The summed E-state index contributed by atoms with van der Waals surface area (Å²) in [4.78, 5) is 24.1. The van der Waals surface area contributed by atoms with Crippen LogP contribution in [0.1, 0.15) is 6.23 Å². The van der Waals surface area contributed by atoms with Crippen molar-refractivity contribution in [2.45, 2.75) is 6.23 Å². The number of hydrogen-bond donors (Lipinski definition) is 1. The van der Waals surface area contributed by atoms with Gasteiger partial charge in [-0.2, -0.15) is 0 Å². The van der Waals surface area contributed by atoms with Gasteiger partial charge in [0, 0.05) is 24.7 Å². The molecule has 0 spiro atoms. The first-order chi connectivity index (χ1) is 6.19. The van der Waals surface area contributed by atoms with Crippen LogP contribution in [0, 0.1) is 0 Å². The van der Waals surface area contributed by atoms with E-state index in [2.05, 4.69) is 20.9 Å². The van der Waals surface area contributed by atoms with Crippen LogP contribution < -0.4 is 11.2 Å². The number of hydrogen-bond acceptors (Lipinski definition) is 3. The lowest BCUT2D eigenvalue weighted by Gasteiger charge is -2.13. The standard InChI is InChI=1S/C7H9BrN2O3/c1-13-6(4-8)10-3-2-5(11)9-7(10)12/h2-3,6H,4H2,1H3,(H,9,11,12). The Bertz CT molecular complexity index is 380. The quantitative estimate of drug-likeness (QED) is 0.771. The molecule has 0 saturated carbocycles. The maximum absolute atomic E-state index is 11.2. The second-order valence-corrected chi connectivity index (χ2v) is 3.01. The number of alkyl halides is 1. The van der Waals surface area contributed by atoms with Crippen LogP contribution in [0.25, 0.3) is 0 Å². The average molecular weight is 249 g/mol. The highest BCUT2D eigenvalue weighted by Crippen LogP contribution is 2.05. The largest absolute Gasteiger partial charge is 0.360 e. The molecule has 5 nitrogen and oxygen atoms in total. The minimum Gasteiger partial charge on any atom is -0.360 e. The molecule has 1 rings (SSSR count). The molecule has 13 heavy (non-hydrogen) atoms. The third-order valence-electron chi connectivity index (χ3n) is 1.57. The first-order valence-corrected chi connectivity index (χ1v) is 4.71. The Kier molecular flexibility index (Phi) is 3.44. The van der Waals surface area contributed by atoms with Gasteiger partial charge in [-0.3, -0.25) is 14.3 Å². The van der Waals surface area contributed by atoms with Gasteiger partial charge in [-0.05, 0) is 0 Å². The summed E-state index contributed by atoms with van der Waals surface area (Å²) in [6, 6.07) is 1.27. The van der Waals surface area contributed by atoms with Crippen LogP contribution in [0.3, 0.4) is 0 Å². The van der Waals surface area contributed by atoms with E-state index in [1.165, 1.54) is 23.9 Å². The second kappa shape index (κ2) is 4.38. The topological polar surface area (TPSA) is 64.1 Å². The molecule has 0 aliphatic rings. The summed E-state index contributed by atoms with van der Waals surface area (Å²) >= 11 is 3.19. The van der Waals surface area contributed by atoms with Crippen molar-refractivity contribution in [3.05, 3.63) is 33.1 Å². The number of halogens is 1. The van der Waals surface area contributed by atoms with Crippen LogP contribution in [-0.4, -0.2) is 22.0 Å². The minimum atomic E-state index is -0.473. The van der Waals surface area contributed by atoms with Gasteiger partial charge in [0.2, 0.25) is 0 Å². The Labute approximate surface area is 82.5 Å². The molecule has 0 saturated heterocycles. The molecule has 72 valence electrons. The molecule has 1 aromatic heterocycles. The van der Waals surface area contributed by atoms with E-state index in [-0.39, 0.29) is 0 Å². The van der Waals surface area contributed by atoms with Gasteiger partial charge in [0.05, 0.1) is 0 Å². The van der Waals surface area contributed by atoms with Gasteiger partial charge in [-0.15, -0.1) is 0 Å². The number of nitrogens with one attached hydrogen (secondary N) is 1. The summed E-state index contributed by atoms with van der Waals surface area (Å²) < 4.78 is 6.30. The van der Waals surface area contributed by atoms with E-state index in [4.69, 9.17) is 4.74 Å². The summed E-state index contributed by atoms with van der Waals surface area (Å²) in [7, 11) is 1.49. The van der Waals surface area contributed by atoms with Crippen LogP contribution in [0.5, 0.6) is 0 Å². The summed E-state index contributed by atoms with van der Waals surface area (Å²) in [5.41, 5.74) is -0.885. The van der Waals surface area contributed by atoms with Crippen LogP contribution in [0.2, 0.25) is 0 Å². The molecule has 0 aromatic carbocycles. The third kappa shape index (κ3) is 2.28. The molecule has 0 fully saturated rings. The fraction of sp³-hybridized carbons (Fsp3) is 0.429. The van der Waals surface area contributed by atoms with E-state index in [0.29, 0.717) is 5.33 Å². The number of aromatic nitrogens is 2. The van der Waals surface area contributed by atoms with Gasteiger partial charge in [0.15, 0.2) is 0 Å². The predicted molar refractivity (Wildman–Crippen MR) is 51.2 cm³/mol. The van der Waals surface area contributed by atoms with Gasteiger partial charge < -0.3 is 4.74 Å². The first kappa shape index (κ1) is 10.2. The Hall–Kier alpha value is -0.880. The normalized spacial score (nSPS) is 12.8. The van der Waals surface area contributed by atoms with Crippen LogP contribution in [0.15, 0.2) is 21.9 Å². The monoisotopic (exact) mass is 248 g/mol. The molecule has 1 heterocycles. The molecule has 1 unspecified atom stereocenters. The first-order valence-electron chi connectivity index (χ1n) is 3.59. The molecular formula is C7H9BrN2O3. The van der Waals surface area contributed by atoms with Crippen molar-refractivity contribution in [2.75, 3.05) is 12.4 Å².